The van der Waals surface area contributed by atoms with Crippen LogP contribution in [0.3, 0.4) is 0 Å². The fourth-order valence-corrected chi connectivity index (χ4v) is 3.85. The van der Waals surface area contributed by atoms with Crippen molar-refractivity contribution < 1.29 is 18.3 Å². The summed E-state index contributed by atoms with van der Waals surface area (Å²) in [7, 11) is 1.79. The number of alkyl halides is 2. The maximum atomic E-state index is 12.5. The predicted molar refractivity (Wildman–Crippen MR) is 140 cm³/mol. The van der Waals surface area contributed by atoms with Gasteiger partial charge in [-0.2, -0.15) is 13.9 Å². The van der Waals surface area contributed by atoms with Gasteiger partial charge in [-0.05, 0) is 31.2 Å². The van der Waals surface area contributed by atoms with Crippen molar-refractivity contribution in [2.75, 3.05) is 24.2 Å². The van der Waals surface area contributed by atoms with Crippen molar-refractivity contribution in [2.45, 2.75) is 27.4 Å². The normalized spacial score (nSPS) is 11.6. The molecule has 0 aromatic carbocycles. The van der Waals surface area contributed by atoms with E-state index in [1.165, 1.54) is 12.3 Å². The van der Waals surface area contributed by atoms with Crippen LogP contribution in [0.4, 0.5) is 20.3 Å². The van der Waals surface area contributed by atoms with E-state index in [1.807, 2.05) is 20.8 Å². The van der Waals surface area contributed by atoms with Crippen molar-refractivity contribution in [3.8, 4) is 34.3 Å². The minimum absolute atomic E-state index is 0.0353. The van der Waals surface area contributed by atoms with Crippen molar-refractivity contribution in [3.05, 3.63) is 53.7 Å². The number of ether oxygens (including phenoxy) is 2. The molecule has 38 heavy (non-hydrogen) atoms. The summed E-state index contributed by atoms with van der Waals surface area (Å²) >= 11 is 6.15. The van der Waals surface area contributed by atoms with Crippen molar-refractivity contribution in [1.82, 2.24) is 29.7 Å². The van der Waals surface area contributed by atoms with E-state index >= 15 is 0 Å². The Labute approximate surface area is 223 Å². The molecule has 0 aliphatic carbocycles. The predicted octanol–water partition coefficient (Wildman–Crippen LogP) is 5.00. The molecule has 4 aromatic rings. The first-order valence-corrected chi connectivity index (χ1v) is 12.0. The van der Waals surface area contributed by atoms with E-state index in [2.05, 4.69) is 35.1 Å². The highest BCUT2D eigenvalue weighted by Crippen LogP contribution is 2.33. The lowest BCUT2D eigenvalue weighted by atomic mass is 9.94. The van der Waals surface area contributed by atoms with E-state index in [0.717, 1.165) is 5.69 Å². The van der Waals surface area contributed by atoms with Crippen LogP contribution >= 0.6 is 11.6 Å². The molecule has 200 valence electrons. The zero-order valence-electron chi connectivity index (χ0n) is 21.2. The van der Waals surface area contributed by atoms with Crippen molar-refractivity contribution >= 4 is 23.1 Å². The molecule has 0 saturated carbocycles. The highest BCUT2D eigenvalue weighted by molar-refractivity contribution is 6.29. The van der Waals surface area contributed by atoms with Gasteiger partial charge in [0.1, 0.15) is 22.3 Å². The Kier molecular flexibility index (Phi) is 7.91. The molecule has 0 bridgehead atoms. The maximum absolute atomic E-state index is 12.5. The number of nitrogens with two attached hydrogens (primary N) is 1. The van der Waals surface area contributed by atoms with E-state index in [1.54, 1.807) is 42.3 Å². The van der Waals surface area contributed by atoms with Gasteiger partial charge in [0.15, 0.2) is 5.82 Å². The van der Waals surface area contributed by atoms with Crippen LogP contribution in [0.1, 0.15) is 19.5 Å². The first kappa shape index (κ1) is 27.0. The summed E-state index contributed by atoms with van der Waals surface area (Å²) < 4.78 is 37.2. The fraction of sp³-hybridized carbons (Fsp3) is 0.320. The van der Waals surface area contributed by atoms with Crippen LogP contribution in [0, 0.1) is 12.3 Å². The molecule has 0 fully saturated rings. The van der Waals surface area contributed by atoms with Gasteiger partial charge < -0.3 is 20.5 Å². The van der Waals surface area contributed by atoms with E-state index in [9.17, 15) is 8.78 Å². The van der Waals surface area contributed by atoms with Crippen molar-refractivity contribution in [3.63, 3.8) is 0 Å². The summed E-state index contributed by atoms with van der Waals surface area (Å²) in [6.45, 7) is 3.84. The van der Waals surface area contributed by atoms with Gasteiger partial charge in [-0.25, -0.2) is 19.6 Å². The average Bonchev–Trinajstić information content (AvgIpc) is 3.14. The van der Waals surface area contributed by atoms with Crippen molar-refractivity contribution in [1.29, 1.82) is 0 Å². The van der Waals surface area contributed by atoms with Gasteiger partial charge in [0.2, 0.25) is 5.88 Å². The molecule has 3 N–H and O–H groups in total. The molecule has 4 rings (SSSR count). The number of hydrogen-bond acceptors (Lipinski definition) is 9. The summed E-state index contributed by atoms with van der Waals surface area (Å²) in [5, 5.41) is 8.15. The van der Waals surface area contributed by atoms with Crippen LogP contribution in [-0.2, 0) is 7.05 Å². The molecule has 0 spiro atoms. The Balaban J connectivity index is 1.49. The summed E-state index contributed by atoms with van der Waals surface area (Å²) in [4.78, 5) is 17.0. The SMILES string of the molecule is Cc1nn(C)c(OCC(C)(C)CNc2cc(Cl)ncc2-c2ccc(OC(F)F)cn2)c1-c1nccc(N)n1. The molecule has 0 aliphatic heterocycles. The fourth-order valence-electron chi connectivity index (χ4n) is 3.69. The quantitative estimate of drug-likeness (QED) is 0.265. The molecule has 0 atom stereocenters. The second-order valence-corrected chi connectivity index (χ2v) is 9.70. The molecule has 13 heteroatoms. The van der Waals surface area contributed by atoms with Crippen LogP contribution in [0.15, 0.2) is 42.9 Å². The Hall–Kier alpha value is -4.06. The standard InChI is InChI=1S/C25H27ClF2N8O2/c1-14-21(22-30-8-7-20(29)34-22)23(36(4)35-14)37-13-25(2,3)12-33-18-9-19(26)32-11-16(18)17-6-5-15(10-31-17)38-24(27)28/h5-11,24H,12-13H2,1-4H3,(H,32,33)(H2,29,30,34). The minimum atomic E-state index is -2.92. The topological polar surface area (TPSA) is 126 Å². The number of aryl methyl sites for hydroxylation is 2. The van der Waals surface area contributed by atoms with E-state index < -0.39 is 6.61 Å². The number of halogens is 3. The second-order valence-electron chi connectivity index (χ2n) is 9.31. The van der Waals surface area contributed by atoms with Crippen LogP contribution in [-0.4, -0.2) is 49.5 Å². The van der Waals surface area contributed by atoms with Crippen LogP contribution in [0.2, 0.25) is 5.15 Å². The van der Waals surface area contributed by atoms with Gasteiger partial charge in [-0.3, -0.25) is 4.98 Å². The molecule has 0 radical (unpaired) electrons. The Morgan fingerprint density at radius 3 is 2.63 bits per heavy atom. The number of nitrogen functional groups attached to an aromatic ring is 1. The zero-order valence-corrected chi connectivity index (χ0v) is 22.0. The third-order valence-corrected chi connectivity index (χ3v) is 5.74. The van der Waals surface area contributed by atoms with E-state index in [-0.39, 0.29) is 11.2 Å². The molecule has 0 aliphatic rings. The molecule has 10 nitrogen and oxygen atoms in total. The number of hydrogen-bond donors (Lipinski definition) is 2. The molecule has 0 amide bonds. The summed E-state index contributed by atoms with van der Waals surface area (Å²) in [6.07, 6.45) is 4.39. The maximum Gasteiger partial charge on any atom is 0.387 e. The Morgan fingerprint density at radius 2 is 1.95 bits per heavy atom. The van der Waals surface area contributed by atoms with Crippen LogP contribution in [0.5, 0.6) is 11.6 Å². The monoisotopic (exact) mass is 544 g/mol. The number of nitrogens with one attached hydrogen (secondary N) is 1. The van der Waals surface area contributed by atoms with Crippen molar-refractivity contribution in [2.24, 2.45) is 12.5 Å². The smallest absolute Gasteiger partial charge is 0.387 e. The number of aromatic nitrogens is 6. The minimum Gasteiger partial charge on any atom is -0.477 e. The number of pyridine rings is 2. The zero-order chi connectivity index (χ0) is 27.4. The van der Waals surface area contributed by atoms with Gasteiger partial charge in [0.25, 0.3) is 0 Å². The second kappa shape index (κ2) is 11.1. The molecule has 4 heterocycles. The van der Waals surface area contributed by atoms with Crippen LogP contribution in [0.25, 0.3) is 22.6 Å². The van der Waals surface area contributed by atoms with Crippen LogP contribution < -0.4 is 20.5 Å². The lowest BCUT2D eigenvalue weighted by molar-refractivity contribution is -0.0500. The van der Waals surface area contributed by atoms with Gasteiger partial charge >= 0.3 is 6.61 Å². The summed E-state index contributed by atoms with van der Waals surface area (Å²) in [5.74, 6) is 1.29. The number of rotatable bonds is 10. The highest BCUT2D eigenvalue weighted by atomic mass is 35.5. The molecule has 0 unspecified atom stereocenters. The number of anilines is 2. The van der Waals surface area contributed by atoms with E-state index in [0.29, 0.717) is 58.3 Å². The molecule has 4 aromatic heterocycles. The summed E-state index contributed by atoms with van der Waals surface area (Å²) in [5.41, 5.74) is 8.74. The highest BCUT2D eigenvalue weighted by Gasteiger charge is 2.25. The molecule has 0 saturated heterocycles. The average molecular weight is 545 g/mol. The Bertz CT molecular complexity index is 1410. The number of nitrogens with zero attached hydrogens (tertiary/aromatic N) is 6. The lowest BCUT2D eigenvalue weighted by Crippen LogP contribution is -2.30. The first-order valence-electron chi connectivity index (χ1n) is 11.6. The van der Waals surface area contributed by atoms with Gasteiger partial charge in [-0.15, -0.1) is 0 Å². The largest absolute Gasteiger partial charge is 0.477 e. The van der Waals surface area contributed by atoms with Gasteiger partial charge in [0.05, 0.1) is 24.2 Å². The van der Waals surface area contributed by atoms with E-state index in [4.69, 9.17) is 22.1 Å². The van der Waals surface area contributed by atoms with Gasteiger partial charge in [0, 0.05) is 42.7 Å². The third-order valence-electron chi connectivity index (χ3n) is 5.54. The molecular weight excluding hydrogens is 518 g/mol. The summed E-state index contributed by atoms with van der Waals surface area (Å²) in [6, 6.07) is 6.29. The lowest BCUT2D eigenvalue weighted by Gasteiger charge is -2.26. The van der Waals surface area contributed by atoms with Gasteiger partial charge in [-0.1, -0.05) is 25.4 Å². The Morgan fingerprint density at radius 1 is 1.16 bits per heavy atom. The molecular formula is C25H27ClF2N8O2. The first-order chi connectivity index (χ1) is 18.0. The third kappa shape index (κ3) is 6.43.